The lowest BCUT2D eigenvalue weighted by Gasteiger charge is -2.12. The number of pyridine rings is 1. The number of rotatable bonds is 3. The number of fused-ring (bicyclic) bond motifs is 1. The van der Waals surface area contributed by atoms with Crippen molar-refractivity contribution >= 4 is 10.8 Å². The van der Waals surface area contributed by atoms with Crippen molar-refractivity contribution in [1.29, 1.82) is 0 Å². The molecule has 100 valence electrons. The second kappa shape index (κ2) is 5.21. The fourth-order valence-electron chi connectivity index (χ4n) is 2.40. The molecule has 1 heterocycles. The number of hydrogen-bond acceptors (Lipinski definition) is 3. The fourth-order valence-corrected chi connectivity index (χ4v) is 2.40. The van der Waals surface area contributed by atoms with Gasteiger partial charge < -0.3 is 9.47 Å². The zero-order chi connectivity index (χ0) is 13.9. The molecule has 0 aliphatic rings. The summed E-state index contributed by atoms with van der Waals surface area (Å²) in [5.74, 6) is 1.47. The molecular formula is C17H15NO2. The van der Waals surface area contributed by atoms with Gasteiger partial charge in [-0.15, -0.1) is 0 Å². The van der Waals surface area contributed by atoms with Crippen LogP contribution in [0.25, 0.3) is 22.0 Å². The van der Waals surface area contributed by atoms with Gasteiger partial charge in [-0.2, -0.15) is 0 Å². The molecule has 0 aliphatic heterocycles. The number of nitrogens with zero attached hydrogens (tertiary/aromatic N) is 1. The van der Waals surface area contributed by atoms with E-state index in [9.17, 15) is 0 Å². The molecule has 0 amide bonds. The normalized spacial score (nSPS) is 10.5. The molecule has 0 radical (unpaired) electrons. The molecule has 3 aromatic rings. The van der Waals surface area contributed by atoms with E-state index in [-0.39, 0.29) is 0 Å². The maximum absolute atomic E-state index is 5.49. The van der Waals surface area contributed by atoms with Crippen LogP contribution >= 0.6 is 0 Å². The molecule has 0 fully saturated rings. The Balaban J connectivity index is 2.31. The van der Waals surface area contributed by atoms with E-state index in [4.69, 9.17) is 9.47 Å². The van der Waals surface area contributed by atoms with Crippen molar-refractivity contribution in [3.05, 3.63) is 54.7 Å². The summed E-state index contributed by atoms with van der Waals surface area (Å²) in [5, 5.41) is 2.05. The van der Waals surface area contributed by atoms with Gasteiger partial charge in [0.1, 0.15) is 0 Å². The first-order valence-electron chi connectivity index (χ1n) is 6.40. The summed E-state index contributed by atoms with van der Waals surface area (Å²) in [4.78, 5) is 4.51. The van der Waals surface area contributed by atoms with Crippen LogP contribution in [0.15, 0.2) is 54.7 Å². The molecule has 0 saturated heterocycles. The third kappa shape index (κ3) is 1.97. The van der Waals surface area contributed by atoms with E-state index >= 15 is 0 Å². The highest BCUT2D eigenvalue weighted by molar-refractivity contribution is 5.99. The molecule has 0 spiro atoms. The predicted octanol–water partition coefficient (Wildman–Crippen LogP) is 3.92. The van der Waals surface area contributed by atoms with E-state index in [1.54, 1.807) is 20.4 Å². The average Bonchev–Trinajstić information content (AvgIpc) is 2.53. The van der Waals surface area contributed by atoms with Crippen LogP contribution in [-0.2, 0) is 0 Å². The van der Waals surface area contributed by atoms with Gasteiger partial charge >= 0.3 is 0 Å². The molecule has 2 aromatic carbocycles. The number of methoxy groups -OCH3 is 2. The van der Waals surface area contributed by atoms with Crippen LogP contribution in [0.1, 0.15) is 0 Å². The van der Waals surface area contributed by atoms with Crippen LogP contribution in [0, 0.1) is 0 Å². The Labute approximate surface area is 117 Å². The Hall–Kier alpha value is -2.55. The third-order valence-corrected chi connectivity index (χ3v) is 3.33. The van der Waals surface area contributed by atoms with Crippen molar-refractivity contribution in [3.63, 3.8) is 0 Å². The van der Waals surface area contributed by atoms with Gasteiger partial charge in [-0.3, -0.25) is 4.98 Å². The average molecular weight is 265 g/mol. The highest BCUT2D eigenvalue weighted by Crippen LogP contribution is 2.38. The molecule has 0 aliphatic carbocycles. The Morgan fingerprint density at radius 3 is 2.30 bits per heavy atom. The minimum absolute atomic E-state index is 0.727. The molecule has 20 heavy (non-hydrogen) atoms. The maximum atomic E-state index is 5.49. The van der Waals surface area contributed by atoms with Crippen molar-refractivity contribution in [2.24, 2.45) is 0 Å². The summed E-state index contributed by atoms with van der Waals surface area (Å²) in [5.41, 5.74) is 2.04. The summed E-state index contributed by atoms with van der Waals surface area (Å²) in [6, 6.07) is 16.0. The Morgan fingerprint density at radius 1 is 0.800 bits per heavy atom. The SMILES string of the molecule is COc1ccc2c(-c3ccccc3)nccc2c1OC. The third-order valence-electron chi connectivity index (χ3n) is 3.33. The zero-order valence-corrected chi connectivity index (χ0v) is 11.5. The van der Waals surface area contributed by atoms with Crippen LogP contribution in [-0.4, -0.2) is 19.2 Å². The molecule has 0 saturated carbocycles. The first-order chi connectivity index (χ1) is 9.85. The quantitative estimate of drug-likeness (QED) is 0.719. The van der Waals surface area contributed by atoms with Crippen molar-refractivity contribution in [2.45, 2.75) is 0 Å². The Morgan fingerprint density at radius 2 is 1.60 bits per heavy atom. The van der Waals surface area contributed by atoms with Gasteiger partial charge in [-0.05, 0) is 18.2 Å². The second-order valence-electron chi connectivity index (χ2n) is 4.42. The van der Waals surface area contributed by atoms with Crippen LogP contribution in [0.3, 0.4) is 0 Å². The van der Waals surface area contributed by atoms with E-state index in [2.05, 4.69) is 17.1 Å². The van der Waals surface area contributed by atoms with Gasteiger partial charge in [-0.25, -0.2) is 0 Å². The predicted molar refractivity (Wildman–Crippen MR) is 80.3 cm³/mol. The molecule has 0 atom stereocenters. The molecule has 0 N–H and O–H groups in total. The summed E-state index contributed by atoms with van der Waals surface area (Å²) < 4.78 is 10.8. The van der Waals surface area contributed by atoms with Crippen LogP contribution < -0.4 is 9.47 Å². The molecule has 0 bridgehead atoms. The number of benzene rings is 2. The Kier molecular flexibility index (Phi) is 3.25. The largest absolute Gasteiger partial charge is 0.493 e. The minimum atomic E-state index is 0.727. The van der Waals surface area contributed by atoms with E-state index in [1.807, 2.05) is 36.4 Å². The summed E-state index contributed by atoms with van der Waals surface area (Å²) >= 11 is 0. The lowest BCUT2D eigenvalue weighted by Crippen LogP contribution is -1.93. The molecule has 3 heteroatoms. The summed E-state index contributed by atoms with van der Waals surface area (Å²) in [6.07, 6.45) is 1.80. The zero-order valence-electron chi connectivity index (χ0n) is 11.5. The van der Waals surface area contributed by atoms with Crippen LogP contribution in [0.4, 0.5) is 0 Å². The van der Waals surface area contributed by atoms with Gasteiger partial charge in [0, 0.05) is 22.5 Å². The smallest absolute Gasteiger partial charge is 0.168 e. The maximum Gasteiger partial charge on any atom is 0.168 e. The summed E-state index contributed by atoms with van der Waals surface area (Å²) in [6.45, 7) is 0. The standard InChI is InChI=1S/C17H15NO2/c1-19-15-9-8-13-14(17(15)20-2)10-11-18-16(13)12-6-4-3-5-7-12/h3-11H,1-2H3. The van der Waals surface area contributed by atoms with E-state index in [1.165, 1.54) is 0 Å². The highest BCUT2D eigenvalue weighted by Gasteiger charge is 2.12. The van der Waals surface area contributed by atoms with Crippen LogP contribution in [0.2, 0.25) is 0 Å². The van der Waals surface area contributed by atoms with Crippen molar-refractivity contribution in [2.75, 3.05) is 14.2 Å². The lowest BCUT2D eigenvalue weighted by atomic mass is 10.0. The molecular weight excluding hydrogens is 250 g/mol. The van der Waals surface area contributed by atoms with E-state index in [0.29, 0.717) is 0 Å². The van der Waals surface area contributed by atoms with E-state index < -0.39 is 0 Å². The number of hydrogen-bond donors (Lipinski definition) is 0. The second-order valence-corrected chi connectivity index (χ2v) is 4.42. The van der Waals surface area contributed by atoms with Crippen molar-refractivity contribution in [1.82, 2.24) is 4.98 Å². The highest BCUT2D eigenvalue weighted by atomic mass is 16.5. The van der Waals surface area contributed by atoms with Gasteiger partial charge in [0.05, 0.1) is 19.9 Å². The molecule has 3 nitrogen and oxygen atoms in total. The monoisotopic (exact) mass is 265 g/mol. The van der Waals surface area contributed by atoms with Gasteiger partial charge in [0.25, 0.3) is 0 Å². The van der Waals surface area contributed by atoms with Crippen molar-refractivity contribution in [3.8, 4) is 22.8 Å². The first-order valence-corrected chi connectivity index (χ1v) is 6.40. The van der Waals surface area contributed by atoms with Gasteiger partial charge in [0.15, 0.2) is 11.5 Å². The number of ether oxygens (including phenoxy) is 2. The Bertz CT molecular complexity index is 739. The first kappa shape index (κ1) is 12.5. The van der Waals surface area contributed by atoms with E-state index in [0.717, 1.165) is 33.5 Å². The lowest BCUT2D eigenvalue weighted by molar-refractivity contribution is 0.358. The van der Waals surface area contributed by atoms with Gasteiger partial charge in [0.2, 0.25) is 0 Å². The molecule has 1 aromatic heterocycles. The minimum Gasteiger partial charge on any atom is -0.493 e. The van der Waals surface area contributed by atoms with Gasteiger partial charge in [-0.1, -0.05) is 30.3 Å². The summed E-state index contributed by atoms with van der Waals surface area (Å²) in [7, 11) is 3.29. The topological polar surface area (TPSA) is 31.4 Å². The molecule has 3 rings (SSSR count). The van der Waals surface area contributed by atoms with Crippen molar-refractivity contribution < 1.29 is 9.47 Å². The van der Waals surface area contributed by atoms with Crippen LogP contribution in [0.5, 0.6) is 11.5 Å². The molecule has 0 unspecified atom stereocenters. The number of aromatic nitrogens is 1. The fraction of sp³-hybridized carbons (Fsp3) is 0.118.